The number of hydrogen-bond acceptors (Lipinski definition) is 4. The van der Waals surface area contributed by atoms with Crippen LogP contribution in [-0.4, -0.2) is 21.6 Å². The van der Waals surface area contributed by atoms with Gasteiger partial charge >= 0.3 is 5.69 Å². The van der Waals surface area contributed by atoms with Crippen molar-refractivity contribution >= 4 is 5.91 Å². The van der Waals surface area contributed by atoms with Crippen LogP contribution in [0, 0.1) is 0 Å². The molecule has 0 spiro atoms. The summed E-state index contributed by atoms with van der Waals surface area (Å²) in [6, 6.07) is 8.45. The standard InChI is InChI=1S/C17H21N3O4/c1-11(2)24-14-6-4-13(5-7-14)12(3)18-16(22)10-20-9-8-15(21)19-17(20)23/h4-9,11-12H,10H2,1-3H3,(H,18,22)(H,19,21,23)/t12-/m1/s1. The van der Waals surface area contributed by atoms with Gasteiger partial charge in [-0.25, -0.2) is 4.79 Å². The molecule has 0 radical (unpaired) electrons. The predicted octanol–water partition coefficient (Wildman–Crippen LogP) is 1.20. The lowest BCUT2D eigenvalue weighted by atomic mass is 10.1. The zero-order valence-electron chi connectivity index (χ0n) is 13.9. The molecule has 0 aliphatic carbocycles. The van der Waals surface area contributed by atoms with Crippen molar-refractivity contribution in [2.45, 2.75) is 39.5 Å². The highest BCUT2D eigenvalue weighted by Gasteiger charge is 2.11. The van der Waals surface area contributed by atoms with Crippen molar-refractivity contribution in [3.05, 3.63) is 62.9 Å². The summed E-state index contributed by atoms with van der Waals surface area (Å²) in [5.41, 5.74) is -0.178. The number of nitrogens with zero attached hydrogens (tertiary/aromatic N) is 1. The average molecular weight is 331 g/mol. The number of amides is 1. The number of H-pyrrole nitrogens is 1. The highest BCUT2D eigenvalue weighted by atomic mass is 16.5. The van der Waals surface area contributed by atoms with E-state index < -0.39 is 11.2 Å². The Hall–Kier alpha value is -2.83. The van der Waals surface area contributed by atoms with Gasteiger partial charge < -0.3 is 10.1 Å². The van der Waals surface area contributed by atoms with Gasteiger partial charge in [0.15, 0.2) is 0 Å². The van der Waals surface area contributed by atoms with Crippen molar-refractivity contribution < 1.29 is 9.53 Å². The molecule has 7 nitrogen and oxygen atoms in total. The summed E-state index contributed by atoms with van der Waals surface area (Å²) in [5.74, 6) is 0.450. The van der Waals surface area contributed by atoms with E-state index in [1.807, 2.05) is 45.0 Å². The van der Waals surface area contributed by atoms with Gasteiger partial charge in [0.1, 0.15) is 12.3 Å². The molecule has 7 heteroatoms. The molecule has 1 aromatic carbocycles. The summed E-state index contributed by atoms with van der Waals surface area (Å²) in [6.07, 6.45) is 1.40. The van der Waals surface area contributed by atoms with Crippen LogP contribution in [0.5, 0.6) is 5.75 Å². The van der Waals surface area contributed by atoms with Crippen LogP contribution in [-0.2, 0) is 11.3 Å². The molecule has 0 saturated heterocycles. The molecular weight excluding hydrogens is 310 g/mol. The largest absolute Gasteiger partial charge is 0.491 e. The van der Waals surface area contributed by atoms with E-state index in [4.69, 9.17) is 4.74 Å². The molecule has 0 unspecified atom stereocenters. The Labute approximate surface area is 139 Å². The summed E-state index contributed by atoms with van der Waals surface area (Å²) in [5, 5.41) is 2.82. The number of carbonyl (C=O) groups excluding carboxylic acids is 1. The van der Waals surface area contributed by atoms with Gasteiger partial charge in [-0.3, -0.25) is 19.1 Å². The normalized spacial score (nSPS) is 12.0. The van der Waals surface area contributed by atoms with Crippen molar-refractivity contribution in [2.24, 2.45) is 0 Å². The molecule has 0 aliphatic rings. The first-order chi connectivity index (χ1) is 11.3. The first-order valence-electron chi connectivity index (χ1n) is 7.71. The Morgan fingerprint density at radius 1 is 1.17 bits per heavy atom. The maximum Gasteiger partial charge on any atom is 0.328 e. The number of aromatic nitrogens is 2. The average Bonchev–Trinajstić information content (AvgIpc) is 2.50. The van der Waals surface area contributed by atoms with Crippen LogP contribution in [0.4, 0.5) is 0 Å². The van der Waals surface area contributed by atoms with Crippen LogP contribution in [0.15, 0.2) is 46.1 Å². The Morgan fingerprint density at radius 3 is 2.42 bits per heavy atom. The summed E-state index contributed by atoms with van der Waals surface area (Å²) in [4.78, 5) is 36.7. The maximum absolute atomic E-state index is 12.1. The number of rotatable bonds is 6. The molecule has 0 saturated carbocycles. The van der Waals surface area contributed by atoms with Gasteiger partial charge in [-0.05, 0) is 38.5 Å². The highest BCUT2D eigenvalue weighted by molar-refractivity contribution is 5.76. The summed E-state index contributed by atoms with van der Waals surface area (Å²) < 4.78 is 6.72. The van der Waals surface area contributed by atoms with Crippen molar-refractivity contribution in [1.29, 1.82) is 0 Å². The monoisotopic (exact) mass is 331 g/mol. The van der Waals surface area contributed by atoms with Crippen LogP contribution < -0.4 is 21.3 Å². The van der Waals surface area contributed by atoms with Crippen molar-refractivity contribution in [3.63, 3.8) is 0 Å². The molecule has 0 fully saturated rings. The first-order valence-corrected chi connectivity index (χ1v) is 7.71. The van der Waals surface area contributed by atoms with Crippen LogP contribution in [0.1, 0.15) is 32.4 Å². The van der Waals surface area contributed by atoms with E-state index in [2.05, 4.69) is 10.3 Å². The molecule has 0 bridgehead atoms. The Morgan fingerprint density at radius 2 is 1.83 bits per heavy atom. The fraction of sp³-hybridized carbons (Fsp3) is 0.353. The third-order valence-electron chi connectivity index (χ3n) is 3.34. The third kappa shape index (κ3) is 4.84. The molecule has 0 aliphatic heterocycles. The molecule has 2 N–H and O–H groups in total. The minimum atomic E-state index is -0.611. The lowest BCUT2D eigenvalue weighted by molar-refractivity contribution is -0.122. The van der Waals surface area contributed by atoms with Crippen LogP contribution in [0.2, 0.25) is 0 Å². The fourth-order valence-corrected chi connectivity index (χ4v) is 2.20. The SMILES string of the molecule is CC(C)Oc1ccc([C@@H](C)NC(=O)Cn2ccc(=O)[nH]c2=O)cc1. The summed E-state index contributed by atoms with van der Waals surface area (Å²) in [6.45, 7) is 5.60. The first kappa shape index (κ1) is 17.5. The number of carbonyl (C=O) groups is 1. The summed E-state index contributed by atoms with van der Waals surface area (Å²) in [7, 11) is 0. The Kier molecular flexibility index (Phi) is 5.57. The zero-order chi connectivity index (χ0) is 17.7. The molecule has 1 heterocycles. The van der Waals surface area contributed by atoms with Gasteiger partial charge in [-0.1, -0.05) is 12.1 Å². The van der Waals surface area contributed by atoms with E-state index >= 15 is 0 Å². The van der Waals surface area contributed by atoms with E-state index in [1.165, 1.54) is 12.3 Å². The van der Waals surface area contributed by atoms with Gasteiger partial charge in [-0.15, -0.1) is 0 Å². The van der Waals surface area contributed by atoms with Gasteiger partial charge in [0.05, 0.1) is 12.1 Å². The molecule has 1 atom stereocenters. The maximum atomic E-state index is 12.1. The molecule has 1 aromatic heterocycles. The second kappa shape index (κ2) is 7.63. The molecule has 1 amide bonds. The number of ether oxygens (including phenoxy) is 1. The number of hydrogen-bond donors (Lipinski definition) is 2. The van der Waals surface area contributed by atoms with Gasteiger partial charge in [0, 0.05) is 12.3 Å². The summed E-state index contributed by atoms with van der Waals surface area (Å²) >= 11 is 0. The predicted molar refractivity (Wildman–Crippen MR) is 90.1 cm³/mol. The third-order valence-corrected chi connectivity index (χ3v) is 3.34. The molecule has 2 aromatic rings. The Balaban J connectivity index is 1.98. The second-order valence-corrected chi connectivity index (χ2v) is 5.76. The Bertz CT molecular complexity index is 806. The van der Waals surface area contributed by atoms with E-state index in [0.29, 0.717) is 0 Å². The molecular formula is C17H21N3O4. The van der Waals surface area contributed by atoms with E-state index in [0.717, 1.165) is 15.9 Å². The van der Waals surface area contributed by atoms with Crippen molar-refractivity contribution in [2.75, 3.05) is 0 Å². The number of nitrogens with one attached hydrogen (secondary N) is 2. The molecule has 128 valence electrons. The molecule has 24 heavy (non-hydrogen) atoms. The minimum Gasteiger partial charge on any atom is -0.491 e. The zero-order valence-corrected chi connectivity index (χ0v) is 13.9. The van der Waals surface area contributed by atoms with Crippen molar-refractivity contribution in [1.82, 2.24) is 14.9 Å². The number of benzene rings is 1. The lowest BCUT2D eigenvalue weighted by Gasteiger charge is -2.16. The van der Waals surface area contributed by atoms with Crippen LogP contribution >= 0.6 is 0 Å². The quantitative estimate of drug-likeness (QED) is 0.832. The van der Waals surface area contributed by atoms with Crippen LogP contribution in [0.3, 0.4) is 0 Å². The van der Waals surface area contributed by atoms with Crippen molar-refractivity contribution in [3.8, 4) is 5.75 Å². The van der Waals surface area contributed by atoms with Gasteiger partial charge in [0.2, 0.25) is 5.91 Å². The topological polar surface area (TPSA) is 93.2 Å². The van der Waals surface area contributed by atoms with E-state index in [9.17, 15) is 14.4 Å². The minimum absolute atomic E-state index is 0.101. The lowest BCUT2D eigenvalue weighted by Crippen LogP contribution is -2.36. The fourth-order valence-electron chi connectivity index (χ4n) is 2.20. The number of aromatic amines is 1. The molecule has 2 rings (SSSR count). The van der Waals surface area contributed by atoms with Gasteiger partial charge in [0.25, 0.3) is 5.56 Å². The smallest absolute Gasteiger partial charge is 0.328 e. The van der Waals surface area contributed by atoms with Gasteiger partial charge in [-0.2, -0.15) is 0 Å². The highest BCUT2D eigenvalue weighted by Crippen LogP contribution is 2.18. The van der Waals surface area contributed by atoms with E-state index in [-0.39, 0.29) is 24.6 Å². The van der Waals surface area contributed by atoms with E-state index in [1.54, 1.807) is 0 Å². The second-order valence-electron chi connectivity index (χ2n) is 5.76. The van der Waals surface area contributed by atoms with Crippen LogP contribution in [0.25, 0.3) is 0 Å².